The van der Waals surface area contributed by atoms with Crippen LogP contribution in [-0.2, 0) is 4.79 Å². The Morgan fingerprint density at radius 1 is 1.28 bits per heavy atom. The van der Waals surface area contributed by atoms with Crippen molar-refractivity contribution >= 4 is 11.7 Å². The molecular formula is C19H27N5O. The van der Waals surface area contributed by atoms with E-state index in [2.05, 4.69) is 26.2 Å². The lowest BCUT2D eigenvalue weighted by Crippen LogP contribution is -2.48. The van der Waals surface area contributed by atoms with Crippen LogP contribution in [0.1, 0.15) is 44.6 Å². The van der Waals surface area contributed by atoms with Crippen LogP contribution in [0, 0.1) is 11.3 Å². The van der Waals surface area contributed by atoms with E-state index >= 15 is 0 Å². The van der Waals surface area contributed by atoms with Crippen LogP contribution in [0.3, 0.4) is 0 Å². The highest BCUT2D eigenvalue weighted by Crippen LogP contribution is 2.20. The van der Waals surface area contributed by atoms with Crippen molar-refractivity contribution in [1.82, 2.24) is 15.2 Å². The van der Waals surface area contributed by atoms with Crippen LogP contribution < -0.4 is 10.2 Å². The van der Waals surface area contributed by atoms with Crippen molar-refractivity contribution < 1.29 is 4.79 Å². The monoisotopic (exact) mass is 341 g/mol. The van der Waals surface area contributed by atoms with E-state index in [1.165, 1.54) is 12.8 Å². The summed E-state index contributed by atoms with van der Waals surface area (Å²) in [5.41, 5.74) is 0.614. The quantitative estimate of drug-likeness (QED) is 0.906. The van der Waals surface area contributed by atoms with Crippen molar-refractivity contribution in [2.45, 2.75) is 51.1 Å². The van der Waals surface area contributed by atoms with E-state index in [0.717, 1.165) is 51.3 Å². The Balaban J connectivity index is 1.59. The second-order valence-corrected chi connectivity index (χ2v) is 7.03. The molecule has 3 rings (SSSR count). The molecule has 2 fully saturated rings. The topological polar surface area (TPSA) is 72.3 Å². The van der Waals surface area contributed by atoms with Gasteiger partial charge in [-0.1, -0.05) is 12.8 Å². The minimum atomic E-state index is -0.111. The highest BCUT2D eigenvalue weighted by molar-refractivity contribution is 5.81. The molecule has 0 radical (unpaired) electrons. The molecule has 25 heavy (non-hydrogen) atoms. The largest absolute Gasteiger partial charge is 0.354 e. The van der Waals surface area contributed by atoms with Gasteiger partial charge in [0.05, 0.1) is 11.6 Å². The van der Waals surface area contributed by atoms with Crippen LogP contribution in [0.25, 0.3) is 0 Å². The first kappa shape index (κ1) is 17.7. The zero-order valence-electron chi connectivity index (χ0n) is 14.9. The number of pyridine rings is 1. The molecule has 1 amide bonds. The number of aromatic nitrogens is 1. The molecule has 1 unspecified atom stereocenters. The lowest BCUT2D eigenvalue weighted by molar-refractivity contribution is -0.126. The molecule has 0 spiro atoms. The first-order valence-electron chi connectivity index (χ1n) is 9.33. The first-order valence-corrected chi connectivity index (χ1v) is 9.33. The lowest BCUT2D eigenvalue weighted by Gasteiger charge is -2.28. The smallest absolute Gasteiger partial charge is 0.237 e. The molecule has 1 aliphatic heterocycles. The summed E-state index contributed by atoms with van der Waals surface area (Å²) in [5, 5.41) is 12.5. The summed E-state index contributed by atoms with van der Waals surface area (Å²) in [6.07, 6.45) is 7.37. The third-order valence-electron chi connectivity index (χ3n) is 5.37. The molecule has 6 nitrogen and oxygen atoms in total. The van der Waals surface area contributed by atoms with Gasteiger partial charge >= 0.3 is 0 Å². The number of rotatable bonds is 4. The molecule has 2 aliphatic rings. The van der Waals surface area contributed by atoms with E-state index in [1.54, 1.807) is 12.3 Å². The number of hydrogen-bond acceptors (Lipinski definition) is 5. The Bertz CT molecular complexity index is 635. The van der Waals surface area contributed by atoms with Gasteiger partial charge in [0.15, 0.2) is 0 Å². The van der Waals surface area contributed by atoms with Gasteiger partial charge in [0, 0.05) is 38.4 Å². The zero-order valence-corrected chi connectivity index (χ0v) is 14.9. The van der Waals surface area contributed by atoms with Crippen LogP contribution in [0.5, 0.6) is 0 Å². The molecule has 1 aliphatic carbocycles. The van der Waals surface area contributed by atoms with E-state index in [1.807, 2.05) is 13.0 Å². The van der Waals surface area contributed by atoms with Gasteiger partial charge in [-0.15, -0.1) is 0 Å². The molecule has 2 heterocycles. The van der Waals surface area contributed by atoms with Gasteiger partial charge in [0.2, 0.25) is 5.91 Å². The van der Waals surface area contributed by atoms with E-state index < -0.39 is 0 Å². The van der Waals surface area contributed by atoms with Crippen LogP contribution in [0.15, 0.2) is 18.3 Å². The van der Waals surface area contributed by atoms with Crippen molar-refractivity contribution in [2.75, 3.05) is 31.1 Å². The average molecular weight is 341 g/mol. The van der Waals surface area contributed by atoms with Gasteiger partial charge in [-0.25, -0.2) is 4.98 Å². The fraction of sp³-hybridized carbons (Fsp3) is 0.632. The third kappa shape index (κ3) is 4.29. The van der Waals surface area contributed by atoms with Crippen molar-refractivity contribution in [3.8, 4) is 6.07 Å². The maximum Gasteiger partial charge on any atom is 0.237 e. The summed E-state index contributed by atoms with van der Waals surface area (Å²) in [4.78, 5) is 21.4. The van der Waals surface area contributed by atoms with Crippen molar-refractivity contribution in [3.05, 3.63) is 23.9 Å². The second kappa shape index (κ2) is 8.30. The highest BCUT2D eigenvalue weighted by atomic mass is 16.2. The van der Waals surface area contributed by atoms with E-state index in [0.29, 0.717) is 11.6 Å². The van der Waals surface area contributed by atoms with Gasteiger partial charge in [-0.2, -0.15) is 5.26 Å². The Hall–Kier alpha value is -2.13. The zero-order chi connectivity index (χ0) is 17.6. The molecule has 1 saturated carbocycles. The van der Waals surface area contributed by atoms with Crippen LogP contribution in [0.2, 0.25) is 0 Å². The number of nitrogens with zero attached hydrogens (tertiary/aromatic N) is 4. The minimum Gasteiger partial charge on any atom is -0.354 e. The maximum atomic E-state index is 12.5. The van der Waals surface area contributed by atoms with Gasteiger partial charge in [0.25, 0.3) is 0 Å². The molecule has 6 heteroatoms. The van der Waals surface area contributed by atoms with E-state index in [9.17, 15) is 10.1 Å². The summed E-state index contributed by atoms with van der Waals surface area (Å²) in [5.74, 6) is 0.908. The summed E-state index contributed by atoms with van der Waals surface area (Å²) < 4.78 is 0. The predicted molar refractivity (Wildman–Crippen MR) is 97.2 cm³/mol. The minimum absolute atomic E-state index is 0.111. The number of carbonyl (C=O) groups excluding carboxylic acids is 1. The number of anilines is 1. The fourth-order valence-electron chi connectivity index (χ4n) is 3.83. The number of carbonyl (C=O) groups is 1. The molecule has 134 valence electrons. The van der Waals surface area contributed by atoms with Gasteiger partial charge in [-0.05, 0) is 38.3 Å². The second-order valence-electron chi connectivity index (χ2n) is 7.03. The van der Waals surface area contributed by atoms with Gasteiger partial charge < -0.3 is 10.2 Å². The molecule has 1 aromatic heterocycles. The number of nitriles is 1. The van der Waals surface area contributed by atoms with Crippen LogP contribution in [-0.4, -0.2) is 54.1 Å². The summed E-state index contributed by atoms with van der Waals surface area (Å²) in [7, 11) is 0. The molecule has 0 bridgehead atoms. The van der Waals surface area contributed by atoms with E-state index in [-0.39, 0.29) is 11.9 Å². The molecule has 1 aromatic rings. The maximum absolute atomic E-state index is 12.5. The Labute approximate surface area is 149 Å². The SMILES string of the molecule is CC(C(=O)NC1CCCC1)N1CCCN(c2ncccc2C#N)CC1. The van der Waals surface area contributed by atoms with Crippen molar-refractivity contribution in [3.63, 3.8) is 0 Å². The number of nitrogens with one attached hydrogen (secondary N) is 1. The first-order chi connectivity index (χ1) is 12.2. The third-order valence-corrected chi connectivity index (χ3v) is 5.37. The molecule has 0 aromatic carbocycles. The molecular weight excluding hydrogens is 314 g/mol. The fourth-order valence-corrected chi connectivity index (χ4v) is 3.83. The average Bonchev–Trinajstić information content (AvgIpc) is 3.02. The van der Waals surface area contributed by atoms with Gasteiger partial charge in [0.1, 0.15) is 11.9 Å². The van der Waals surface area contributed by atoms with Crippen LogP contribution >= 0.6 is 0 Å². The molecule has 1 N–H and O–H groups in total. The predicted octanol–water partition coefficient (Wildman–Crippen LogP) is 1.91. The highest BCUT2D eigenvalue weighted by Gasteiger charge is 2.27. The lowest BCUT2D eigenvalue weighted by atomic mass is 10.2. The van der Waals surface area contributed by atoms with Crippen LogP contribution in [0.4, 0.5) is 5.82 Å². The Morgan fingerprint density at radius 2 is 2.08 bits per heavy atom. The normalized spacial score (nSPS) is 20.7. The molecule has 1 atom stereocenters. The van der Waals surface area contributed by atoms with Crippen molar-refractivity contribution in [1.29, 1.82) is 5.26 Å². The summed E-state index contributed by atoms with van der Waals surface area (Å²) >= 11 is 0. The van der Waals surface area contributed by atoms with E-state index in [4.69, 9.17) is 0 Å². The van der Waals surface area contributed by atoms with Gasteiger partial charge in [-0.3, -0.25) is 9.69 Å². The Kier molecular flexibility index (Phi) is 5.87. The summed E-state index contributed by atoms with van der Waals surface area (Å²) in [6, 6.07) is 6.08. The number of amides is 1. The standard InChI is InChI=1S/C19H27N5O/c1-15(19(25)22-17-7-2-3-8-17)23-10-5-11-24(13-12-23)18-16(14-20)6-4-9-21-18/h4,6,9,15,17H,2-3,5,7-8,10-13H2,1H3,(H,22,25). The summed E-state index contributed by atoms with van der Waals surface area (Å²) in [6.45, 7) is 5.35. The Morgan fingerprint density at radius 3 is 2.84 bits per heavy atom. The molecule has 1 saturated heterocycles. The van der Waals surface area contributed by atoms with Crippen molar-refractivity contribution in [2.24, 2.45) is 0 Å². The number of hydrogen-bond donors (Lipinski definition) is 1.